The maximum absolute atomic E-state index is 13.7. The molecule has 3 aliphatic rings. The third-order valence-corrected chi connectivity index (χ3v) is 7.35. The number of carboxylic acids is 1. The third kappa shape index (κ3) is 3.15. The van der Waals surface area contributed by atoms with Crippen molar-refractivity contribution in [2.75, 3.05) is 26.2 Å². The Morgan fingerprint density at radius 3 is 2.67 bits per heavy atom. The Balaban J connectivity index is 2.03. The number of likely N-dealkylation sites (tertiary alicyclic amines) is 1. The summed E-state index contributed by atoms with van der Waals surface area (Å²) in [6.45, 7) is 10.1. The third-order valence-electron chi connectivity index (χ3n) is 7.35. The lowest BCUT2D eigenvalue weighted by Gasteiger charge is -2.37. The van der Waals surface area contributed by atoms with Gasteiger partial charge in [0.25, 0.3) is 0 Å². The van der Waals surface area contributed by atoms with E-state index in [4.69, 9.17) is 4.74 Å². The van der Waals surface area contributed by atoms with E-state index < -0.39 is 41.0 Å². The average Bonchev–Trinajstić information content (AvgIpc) is 3.19. The smallest absolute Gasteiger partial charge is 0.310 e. The van der Waals surface area contributed by atoms with Crippen LogP contribution in [-0.2, 0) is 19.1 Å². The molecule has 3 aliphatic heterocycles. The van der Waals surface area contributed by atoms with Gasteiger partial charge in [-0.05, 0) is 25.7 Å². The van der Waals surface area contributed by atoms with Crippen molar-refractivity contribution in [2.45, 2.75) is 63.7 Å². The molecule has 8 nitrogen and oxygen atoms in total. The van der Waals surface area contributed by atoms with Gasteiger partial charge in [0.15, 0.2) is 0 Å². The fourth-order valence-corrected chi connectivity index (χ4v) is 5.92. The molecule has 3 heterocycles. The predicted molar refractivity (Wildman–Crippen MR) is 110 cm³/mol. The quantitative estimate of drug-likeness (QED) is 0.406. The van der Waals surface area contributed by atoms with Gasteiger partial charge in [-0.25, -0.2) is 0 Å². The van der Waals surface area contributed by atoms with Gasteiger partial charge in [-0.3, -0.25) is 14.4 Å². The van der Waals surface area contributed by atoms with E-state index in [1.54, 1.807) is 17.9 Å². The maximum Gasteiger partial charge on any atom is 0.310 e. The van der Waals surface area contributed by atoms with Crippen LogP contribution in [0, 0.1) is 17.8 Å². The van der Waals surface area contributed by atoms with E-state index >= 15 is 0 Å². The molecular formula is C22H34N2O6. The number of aliphatic hydroxyl groups is 1. The van der Waals surface area contributed by atoms with E-state index in [1.807, 2.05) is 6.92 Å². The van der Waals surface area contributed by atoms with Crippen LogP contribution in [0.4, 0.5) is 0 Å². The monoisotopic (exact) mass is 422 g/mol. The molecule has 6 atom stereocenters. The number of carbonyl (C=O) groups excluding carboxylic acids is 2. The number of ether oxygens (including phenoxy) is 1. The van der Waals surface area contributed by atoms with E-state index in [9.17, 15) is 24.6 Å². The first-order chi connectivity index (χ1) is 14.2. The normalized spacial score (nSPS) is 36.8. The highest BCUT2D eigenvalue weighted by atomic mass is 16.5. The standard InChI is InChI=1S/C22H34N2O6/c1-5-7-8-10-23(9-6-2)19(27)17-22-13-14(3)21(4,30-22)16(20(28)29)15(22)18(26)24(17)11-12-25/h6,14-17,25H,2,5,7-13H2,1,3-4H3,(H,28,29)/t14?,15-,16-,17?,21+,22?/m0/s1. The van der Waals surface area contributed by atoms with Crippen molar-refractivity contribution in [3.8, 4) is 0 Å². The van der Waals surface area contributed by atoms with Crippen LogP contribution < -0.4 is 0 Å². The largest absolute Gasteiger partial charge is 0.481 e. The number of carbonyl (C=O) groups is 3. The second-order valence-electron chi connectivity index (χ2n) is 9.08. The topological polar surface area (TPSA) is 107 Å². The Labute approximate surface area is 177 Å². The minimum Gasteiger partial charge on any atom is -0.481 e. The first kappa shape index (κ1) is 22.7. The Morgan fingerprint density at radius 1 is 1.40 bits per heavy atom. The molecule has 3 unspecified atom stereocenters. The summed E-state index contributed by atoms with van der Waals surface area (Å²) in [5.74, 6) is -3.78. The lowest BCUT2D eigenvalue weighted by molar-refractivity contribution is -0.158. The molecule has 0 aliphatic carbocycles. The molecule has 0 radical (unpaired) electrons. The van der Waals surface area contributed by atoms with Crippen molar-refractivity contribution in [1.29, 1.82) is 0 Å². The molecule has 3 rings (SSSR count). The van der Waals surface area contributed by atoms with Crippen molar-refractivity contribution in [3.05, 3.63) is 12.7 Å². The zero-order valence-corrected chi connectivity index (χ0v) is 18.2. The van der Waals surface area contributed by atoms with Crippen LogP contribution in [0.15, 0.2) is 12.7 Å². The molecule has 2 bridgehead atoms. The van der Waals surface area contributed by atoms with Gasteiger partial charge in [0, 0.05) is 19.6 Å². The van der Waals surface area contributed by atoms with Gasteiger partial charge >= 0.3 is 5.97 Å². The number of aliphatic hydroxyl groups excluding tert-OH is 1. The highest BCUT2D eigenvalue weighted by Gasteiger charge is 2.80. The summed E-state index contributed by atoms with van der Waals surface area (Å²) in [5.41, 5.74) is -2.17. The van der Waals surface area contributed by atoms with Gasteiger partial charge in [0.1, 0.15) is 17.6 Å². The van der Waals surface area contributed by atoms with Gasteiger partial charge in [0.2, 0.25) is 11.8 Å². The van der Waals surface area contributed by atoms with E-state index in [0.717, 1.165) is 19.3 Å². The zero-order valence-electron chi connectivity index (χ0n) is 18.2. The van der Waals surface area contributed by atoms with Crippen LogP contribution in [0.1, 0.15) is 46.5 Å². The number of hydrogen-bond donors (Lipinski definition) is 2. The molecule has 2 amide bonds. The summed E-state index contributed by atoms with van der Waals surface area (Å²) < 4.78 is 6.39. The molecule has 2 N–H and O–H groups in total. The number of unbranched alkanes of at least 4 members (excludes halogenated alkanes) is 2. The molecule has 0 aromatic heterocycles. The average molecular weight is 423 g/mol. The molecule has 8 heteroatoms. The SMILES string of the molecule is C=CCN(CCCCC)C(=O)C1N(CCO)C(=O)[C@@H]2[C@@H](C(=O)O)[C@]3(C)OC12CC3C. The zero-order chi connectivity index (χ0) is 22.3. The molecular weight excluding hydrogens is 388 g/mol. The highest BCUT2D eigenvalue weighted by Crippen LogP contribution is 2.65. The Bertz CT molecular complexity index is 726. The summed E-state index contributed by atoms with van der Waals surface area (Å²) >= 11 is 0. The number of nitrogens with zero attached hydrogens (tertiary/aromatic N) is 2. The van der Waals surface area contributed by atoms with Crippen LogP contribution in [0.5, 0.6) is 0 Å². The number of carboxylic acid groups (broad SMARTS) is 1. The van der Waals surface area contributed by atoms with Gasteiger partial charge in [-0.2, -0.15) is 0 Å². The molecule has 0 aromatic rings. The van der Waals surface area contributed by atoms with Crippen LogP contribution in [0.25, 0.3) is 0 Å². The van der Waals surface area contributed by atoms with Crippen LogP contribution in [0.2, 0.25) is 0 Å². The summed E-state index contributed by atoms with van der Waals surface area (Å²) in [5, 5.41) is 19.5. The fourth-order valence-electron chi connectivity index (χ4n) is 5.92. The summed E-state index contributed by atoms with van der Waals surface area (Å²) in [6, 6.07) is -0.933. The molecule has 1 spiro atoms. The lowest BCUT2D eigenvalue weighted by atomic mass is 9.62. The minimum atomic E-state index is -1.18. The second-order valence-corrected chi connectivity index (χ2v) is 9.08. The summed E-state index contributed by atoms with van der Waals surface area (Å²) in [7, 11) is 0. The van der Waals surface area contributed by atoms with Crippen molar-refractivity contribution in [1.82, 2.24) is 9.80 Å². The minimum absolute atomic E-state index is 0.0226. The predicted octanol–water partition coefficient (Wildman–Crippen LogP) is 1.28. The van der Waals surface area contributed by atoms with Crippen molar-refractivity contribution >= 4 is 17.8 Å². The lowest BCUT2D eigenvalue weighted by Crippen LogP contribution is -2.57. The van der Waals surface area contributed by atoms with E-state index in [0.29, 0.717) is 19.5 Å². The number of rotatable bonds is 10. The Morgan fingerprint density at radius 2 is 2.10 bits per heavy atom. The van der Waals surface area contributed by atoms with E-state index in [-0.39, 0.29) is 25.0 Å². The number of β-amino-alcohol motifs (C(OH)–C–C–N with tert-alkyl or cyclic N) is 1. The summed E-state index contributed by atoms with van der Waals surface area (Å²) in [4.78, 5) is 42.3. The Hall–Kier alpha value is -1.93. The first-order valence-corrected chi connectivity index (χ1v) is 10.9. The van der Waals surface area contributed by atoms with Crippen LogP contribution in [-0.4, -0.2) is 81.3 Å². The molecule has 168 valence electrons. The fraction of sp³-hybridized carbons (Fsp3) is 0.773. The van der Waals surface area contributed by atoms with Crippen molar-refractivity contribution in [3.63, 3.8) is 0 Å². The second kappa shape index (κ2) is 8.30. The first-order valence-electron chi connectivity index (χ1n) is 10.9. The maximum atomic E-state index is 13.7. The molecule has 3 fully saturated rings. The summed E-state index contributed by atoms with van der Waals surface area (Å²) in [6.07, 6.45) is 4.92. The number of aliphatic carboxylic acids is 1. The van der Waals surface area contributed by atoms with Crippen LogP contribution >= 0.6 is 0 Å². The van der Waals surface area contributed by atoms with Gasteiger partial charge in [-0.15, -0.1) is 6.58 Å². The molecule has 30 heavy (non-hydrogen) atoms. The van der Waals surface area contributed by atoms with Gasteiger partial charge in [-0.1, -0.05) is 32.8 Å². The molecule has 0 aromatic carbocycles. The number of hydrogen-bond acceptors (Lipinski definition) is 5. The number of amides is 2. The van der Waals surface area contributed by atoms with Crippen LogP contribution in [0.3, 0.4) is 0 Å². The Kier molecular flexibility index (Phi) is 6.30. The van der Waals surface area contributed by atoms with Crippen molar-refractivity contribution < 1.29 is 29.3 Å². The highest BCUT2D eigenvalue weighted by molar-refractivity contribution is 5.98. The van der Waals surface area contributed by atoms with E-state index in [2.05, 4.69) is 13.5 Å². The van der Waals surface area contributed by atoms with E-state index in [1.165, 1.54) is 4.90 Å². The number of fused-ring (bicyclic) bond motifs is 1. The van der Waals surface area contributed by atoms with Crippen molar-refractivity contribution in [2.24, 2.45) is 17.8 Å². The van der Waals surface area contributed by atoms with Gasteiger partial charge < -0.3 is 24.7 Å². The molecule has 3 saturated heterocycles. The van der Waals surface area contributed by atoms with Gasteiger partial charge in [0.05, 0.1) is 18.1 Å². The molecule has 0 saturated carbocycles.